The zero-order chi connectivity index (χ0) is 18.0. The van der Waals surface area contributed by atoms with Gasteiger partial charge in [-0.15, -0.1) is 0 Å². The summed E-state index contributed by atoms with van der Waals surface area (Å²) in [5.74, 6) is -3.52. The van der Waals surface area contributed by atoms with Gasteiger partial charge in [0.25, 0.3) is 0 Å². The van der Waals surface area contributed by atoms with Gasteiger partial charge in [0.05, 0.1) is 11.3 Å². The first-order valence-electron chi connectivity index (χ1n) is 6.63. The predicted octanol–water partition coefficient (Wildman–Crippen LogP) is 4.53. The number of halogens is 5. The van der Waals surface area contributed by atoms with Gasteiger partial charge >= 0.3 is 11.9 Å². The third-order valence-electron chi connectivity index (χ3n) is 3.04. The van der Waals surface area contributed by atoms with Crippen LogP contribution in [0.25, 0.3) is 0 Å². The molecule has 0 aliphatic heterocycles. The second kappa shape index (κ2) is 6.76. The van der Waals surface area contributed by atoms with Crippen LogP contribution < -0.4 is 5.32 Å². The molecule has 0 bridgehead atoms. The molecular weight excluding hydrogens is 353 g/mol. The van der Waals surface area contributed by atoms with Crippen molar-refractivity contribution in [1.29, 1.82) is 0 Å². The van der Waals surface area contributed by atoms with Gasteiger partial charge < -0.3 is 5.32 Å². The van der Waals surface area contributed by atoms with Gasteiger partial charge in [-0.2, -0.15) is 22.0 Å². The minimum atomic E-state index is -4.68. The van der Waals surface area contributed by atoms with E-state index in [1.807, 2.05) is 0 Å². The molecule has 0 heterocycles. The molecule has 3 nitrogen and oxygen atoms in total. The third-order valence-corrected chi connectivity index (χ3v) is 4.44. The Morgan fingerprint density at radius 2 is 1.58 bits per heavy atom. The Morgan fingerprint density at radius 1 is 0.958 bits per heavy atom. The van der Waals surface area contributed by atoms with E-state index in [2.05, 4.69) is 5.32 Å². The first kappa shape index (κ1) is 18.2. The summed E-state index contributed by atoms with van der Waals surface area (Å²) in [5, 5.41) is 2.79. The SMILES string of the molecule is O=S(=O)(c1ccc(Nc2cccc(CC(F)(F)F)c2)cc1)C(F)F. The van der Waals surface area contributed by atoms with Crippen molar-refractivity contribution < 1.29 is 30.4 Å². The highest BCUT2D eigenvalue weighted by atomic mass is 32.2. The van der Waals surface area contributed by atoms with Gasteiger partial charge in [0.15, 0.2) is 0 Å². The van der Waals surface area contributed by atoms with E-state index in [9.17, 15) is 30.4 Å². The number of nitrogens with one attached hydrogen (secondary N) is 1. The van der Waals surface area contributed by atoms with Gasteiger partial charge in [-0.1, -0.05) is 12.1 Å². The molecule has 130 valence electrons. The lowest BCUT2D eigenvalue weighted by atomic mass is 10.1. The standard InChI is InChI=1S/C15H12F5NO2S/c16-14(17)24(22,23)13-6-4-11(5-7-13)21-12-3-1-2-10(8-12)9-15(18,19)20/h1-8,14,21H,9H2. The van der Waals surface area contributed by atoms with Gasteiger partial charge in [0.2, 0.25) is 9.84 Å². The molecule has 0 radical (unpaired) electrons. The number of hydrogen-bond acceptors (Lipinski definition) is 3. The van der Waals surface area contributed by atoms with Crippen LogP contribution in [-0.2, 0) is 16.3 Å². The zero-order valence-electron chi connectivity index (χ0n) is 12.0. The average molecular weight is 365 g/mol. The lowest BCUT2D eigenvalue weighted by Gasteiger charge is -2.11. The van der Waals surface area contributed by atoms with Crippen LogP contribution in [0.2, 0.25) is 0 Å². The zero-order valence-corrected chi connectivity index (χ0v) is 12.8. The van der Waals surface area contributed by atoms with E-state index in [-0.39, 0.29) is 5.56 Å². The minimum absolute atomic E-state index is 0.0596. The van der Waals surface area contributed by atoms with Crippen LogP contribution >= 0.6 is 0 Å². The summed E-state index contributed by atoms with van der Waals surface area (Å²) in [6.07, 6.45) is -5.40. The number of rotatable bonds is 5. The summed E-state index contributed by atoms with van der Waals surface area (Å²) in [5.41, 5.74) is 0.776. The second-order valence-corrected chi connectivity index (χ2v) is 6.87. The van der Waals surface area contributed by atoms with Crippen LogP contribution in [0.5, 0.6) is 0 Å². The smallest absolute Gasteiger partial charge is 0.356 e. The van der Waals surface area contributed by atoms with Crippen LogP contribution in [0.15, 0.2) is 53.4 Å². The van der Waals surface area contributed by atoms with Gasteiger partial charge in [-0.05, 0) is 42.0 Å². The van der Waals surface area contributed by atoms with Gasteiger partial charge in [0.1, 0.15) is 0 Å². The maximum absolute atomic E-state index is 12.4. The molecule has 0 aromatic heterocycles. The van der Waals surface area contributed by atoms with Crippen molar-refractivity contribution in [1.82, 2.24) is 0 Å². The maximum Gasteiger partial charge on any atom is 0.393 e. The van der Waals surface area contributed by atoms with Crippen molar-refractivity contribution in [2.45, 2.75) is 23.3 Å². The summed E-state index contributed by atoms with van der Waals surface area (Å²) in [7, 11) is -4.68. The highest BCUT2D eigenvalue weighted by Gasteiger charge is 2.28. The third kappa shape index (κ3) is 4.67. The molecule has 0 saturated carbocycles. The van der Waals surface area contributed by atoms with Gasteiger partial charge in [0, 0.05) is 11.4 Å². The Balaban J connectivity index is 2.16. The average Bonchev–Trinajstić information content (AvgIpc) is 2.46. The molecule has 9 heteroatoms. The quantitative estimate of drug-likeness (QED) is 0.792. The Hall–Kier alpha value is -2.16. The number of benzene rings is 2. The molecule has 2 rings (SSSR count). The van der Waals surface area contributed by atoms with Gasteiger partial charge in [-0.3, -0.25) is 0 Å². The number of anilines is 2. The van der Waals surface area contributed by atoms with E-state index in [0.29, 0.717) is 11.4 Å². The van der Waals surface area contributed by atoms with Crippen molar-refractivity contribution in [2.24, 2.45) is 0 Å². The Kier molecular flexibility index (Phi) is 5.12. The molecule has 0 atom stereocenters. The molecule has 0 aliphatic carbocycles. The van der Waals surface area contributed by atoms with Crippen molar-refractivity contribution in [3.8, 4) is 0 Å². The molecule has 24 heavy (non-hydrogen) atoms. The van der Waals surface area contributed by atoms with E-state index >= 15 is 0 Å². The van der Waals surface area contributed by atoms with Crippen molar-refractivity contribution >= 4 is 21.2 Å². The predicted molar refractivity (Wildman–Crippen MR) is 79.1 cm³/mol. The summed E-state index contributed by atoms with van der Waals surface area (Å²) in [4.78, 5) is -0.533. The van der Waals surface area contributed by atoms with Crippen molar-refractivity contribution in [3.63, 3.8) is 0 Å². The molecule has 2 aromatic carbocycles. The monoisotopic (exact) mass is 365 g/mol. The van der Waals surface area contributed by atoms with E-state index in [1.165, 1.54) is 36.4 Å². The molecule has 1 N–H and O–H groups in total. The van der Waals surface area contributed by atoms with Crippen molar-refractivity contribution in [2.75, 3.05) is 5.32 Å². The molecule has 0 spiro atoms. The normalized spacial score (nSPS) is 12.4. The second-order valence-electron chi connectivity index (χ2n) is 4.95. The molecular formula is C15H12F5NO2S. The number of alkyl halides is 5. The summed E-state index contributed by atoms with van der Waals surface area (Å²) >= 11 is 0. The van der Waals surface area contributed by atoms with Crippen LogP contribution in [0.3, 0.4) is 0 Å². The number of sulfone groups is 1. The largest absolute Gasteiger partial charge is 0.393 e. The fourth-order valence-corrected chi connectivity index (χ4v) is 2.71. The Morgan fingerprint density at radius 3 is 2.12 bits per heavy atom. The van der Waals surface area contributed by atoms with Crippen molar-refractivity contribution in [3.05, 3.63) is 54.1 Å². The topological polar surface area (TPSA) is 46.2 Å². The first-order valence-corrected chi connectivity index (χ1v) is 8.17. The molecule has 0 amide bonds. The summed E-state index contributed by atoms with van der Waals surface area (Å²) in [6, 6.07) is 10.1. The Labute approximate surface area is 135 Å². The van der Waals surface area contributed by atoms with Crippen LogP contribution in [0.4, 0.5) is 33.3 Å². The molecule has 0 saturated heterocycles. The van der Waals surface area contributed by atoms with Gasteiger partial charge in [-0.25, -0.2) is 8.42 Å². The lowest BCUT2D eigenvalue weighted by molar-refractivity contribution is -0.127. The Bertz CT molecular complexity index is 801. The fourth-order valence-electron chi connectivity index (χ4n) is 1.99. The summed E-state index contributed by atoms with van der Waals surface area (Å²) in [6.45, 7) is 0. The first-order chi connectivity index (χ1) is 11.1. The summed E-state index contributed by atoms with van der Waals surface area (Å²) < 4.78 is 84.6. The van der Waals surface area contributed by atoms with Crippen LogP contribution in [-0.4, -0.2) is 20.4 Å². The molecule has 0 unspecified atom stereocenters. The molecule has 2 aromatic rings. The molecule has 0 fully saturated rings. The highest BCUT2D eigenvalue weighted by molar-refractivity contribution is 7.91. The van der Waals surface area contributed by atoms with E-state index in [1.54, 1.807) is 0 Å². The minimum Gasteiger partial charge on any atom is -0.356 e. The molecule has 0 aliphatic rings. The van der Waals surface area contributed by atoms with E-state index in [4.69, 9.17) is 0 Å². The lowest BCUT2D eigenvalue weighted by Crippen LogP contribution is -2.11. The van der Waals surface area contributed by atoms with E-state index < -0.39 is 33.1 Å². The van der Waals surface area contributed by atoms with Crippen LogP contribution in [0.1, 0.15) is 5.56 Å². The maximum atomic E-state index is 12.4. The van der Waals surface area contributed by atoms with E-state index in [0.717, 1.165) is 12.1 Å². The highest BCUT2D eigenvalue weighted by Crippen LogP contribution is 2.25. The van der Waals surface area contributed by atoms with Crippen LogP contribution in [0, 0.1) is 0 Å². The number of hydrogen-bond donors (Lipinski definition) is 1. The fraction of sp³-hybridized carbons (Fsp3) is 0.200.